The Bertz CT molecular complexity index is 452. The Labute approximate surface area is 146 Å². The number of nitrogens with one attached hydrogen (secondary N) is 2. The molecule has 0 spiro atoms. The van der Waals surface area contributed by atoms with Crippen molar-refractivity contribution < 1.29 is 14.3 Å². The normalized spacial score (nSPS) is 10.6. The number of rotatable bonds is 14. The molecular weight excluding hydrogens is 304 g/mol. The number of carbonyl (C=O) groups is 1. The third-order valence-corrected chi connectivity index (χ3v) is 3.59. The molecule has 0 aliphatic rings. The highest BCUT2D eigenvalue weighted by molar-refractivity contribution is 5.93. The molecule has 1 rings (SSSR count). The van der Waals surface area contributed by atoms with Gasteiger partial charge in [0.2, 0.25) is 5.91 Å². The van der Waals surface area contributed by atoms with Crippen LogP contribution < -0.4 is 15.4 Å². The first-order valence-corrected chi connectivity index (χ1v) is 9.08. The van der Waals surface area contributed by atoms with Gasteiger partial charge >= 0.3 is 0 Å². The quantitative estimate of drug-likeness (QED) is 0.510. The number of hydrogen-bond donors (Lipinski definition) is 2. The van der Waals surface area contributed by atoms with Crippen molar-refractivity contribution in [2.24, 2.45) is 0 Å². The number of para-hydroxylation sites is 2. The van der Waals surface area contributed by atoms with Gasteiger partial charge in [-0.1, -0.05) is 44.7 Å². The van der Waals surface area contributed by atoms with Crippen LogP contribution in [0.15, 0.2) is 24.3 Å². The lowest BCUT2D eigenvalue weighted by Crippen LogP contribution is -2.29. The van der Waals surface area contributed by atoms with E-state index in [1.165, 1.54) is 25.7 Å². The van der Waals surface area contributed by atoms with Gasteiger partial charge in [0.05, 0.1) is 18.8 Å². The van der Waals surface area contributed by atoms with E-state index in [9.17, 15) is 4.79 Å². The highest BCUT2D eigenvalue weighted by atomic mass is 16.5. The Hall–Kier alpha value is -1.59. The second-order valence-electron chi connectivity index (χ2n) is 5.68. The maximum absolute atomic E-state index is 12.0. The van der Waals surface area contributed by atoms with Crippen LogP contribution in [0.4, 0.5) is 5.69 Å². The smallest absolute Gasteiger partial charge is 0.238 e. The molecule has 0 aliphatic heterocycles. The molecule has 0 atom stereocenters. The molecule has 5 heteroatoms. The van der Waals surface area contributed by atoms with Crippen LogP contribution in [-0.4, -0.2) is 38.8 Å². The fourth-order valence-corrected chi connectivity index (χ4v) is 2.30. The van der Waals surface area contributed by atoms with Gasteiger partial charge in [0, 0.05) is 6.61 Å². The predicted molar refractivity (Wildman–Crippen MR) is 98.7 cm³/mol. The standard InChI is InChI=1S/C19H32N2O3/c1-3-5-6-7-10-13-20-16-19(22)21-17-11-8-9-12-18(17)24-15-14-23-4-2/h8-9,11-12,20H,3-7,10,13-16H2,1-2H3,(H,21,22). The van der Waals surface area contributed by atoms with Gasteiger partial charge in [-0.25, -0.2) is 0 Å². The molecule has 24 heavy (non-hydrogen) atoms. The van der Waals surface area contributed by atoms with Gasteiger partial charge in [0.1, 0.15) is 12.4 Å². The van der Waals surface area contributed by atoms with Crippen LogP contribution in [0.3, 0.4) is 0 Å². The number of ether oxygens (including phenoxy) is 2. The van der Waals surface area contributed by atoms with Crippen molar-refractivity contribution in [2.45, 2.75) is 46.0 Å². The minimum atomic E-state index is -0.0515. The molecule has 1 aromatic carbocycles. The molecule has 0 unspecified atom stereocenters. The summed E-state index contributed by atoms with van der Waals surface area (Å²) in [6, 6.07) is 7.47. The minimum Gasteiger partial charge on any atom is -0.489 e. The Morgan fingerprint density at radius 2 is 1.83 bits per heavy atom. The van der Waals surface area contributed by atoms with E-state index in [0.29, 0.717) is 37.8 Å². The molecule has 1 amide bonds. The number of carbonyl (C=O) groups excluding carboxylic acids is 1. The molecule has 0 radical (unpaired) electrons. The first kappa shape index (κ1) is 20.5. The number of benzene rings is 1. The molecule has 0 aromatic heterocycles. The van der Waals surface area contributed by atoms with Crippen molar-refractivity contribution in [1.29, 1.82) is 0 Å². The molecule has 0 fully saturated rings. The molecule has 0 bridgehead atoms. The topological polar surface area (TPSA) is 59.6 Å². The van der Waals surface area contributed by atoms with Crippen molar-refractivity contribution >= 4 is 11.6 Å². The summed E-state index contributed by atoms with van der Waals surface area (Å²) in [6.45, 7) is 7.04. The molecule has 136 valence electrons. The van der Waals surface area contributed by atoms with Gasteiger partial charge in [-0.3, -0.25) is 4.79 Å². The molecule has 0 aliphatic carbocycles. The maximum Gasteiger partial charge on any atom is 0.238 e. The summed E-state index contributed by atoms with van der Waals surface area (Å²) in [5.41, 5.74) is 0.698. The SMILES string of the molecule is CCCCCCCNCC(=O)Nc1ccccc1OCCOCC. The lowest BCUT2D eigenvalue weighted by molar-refractivity contribution is -0.115. The number of unbranched alkanes of at least 4 members (excludes halogenated alkanes) is 4. The zero-order valence-electron chi connectivity index (χ0n) is 15.1. The summed E-state index contributed by atoms with van der Waals surface area (Å²) in [6.07, 6.45) is 6.16. The monoisotopic (exact) mass is 336 g/mol. The second kappa shape index (κ2) is 13.8. The molecule has 0 heterocycles. The first-order valence-electron chi connectivity index (χ1n) is 9.08. The number of amides is 1. The lowest BCUT2D eigenvalue weighted by atomic mass is 10.1. The van der Waals surface area contributed by atoms with Crippen molar-refractivity contribution in [3.05, 3.63) is 24.3 Å². The summed E-state index contributed by atoms with van der Waals surface area (Å²) < 4.78 is 10.9. The van der Waals surface area contributed by atoms with E-state index in [-0.39, 0.29) is 5.91 Å². The number of anilines is 1. The van der Waals surface area contributed by atoms with Crippen LogP contribution in [0.2, 0.25) is 0 Å². The zero-order chi connectivity index (χ0) is 17.5. The predicted octanol–water partition coefficient (Wildman–Crippen LogP) is 3.60. The van der Waals surface area contributed by atoms with Crippen LogP contribution in [0.1, 0.15) is 46.0 Å². The third kappa shape index (κ3) is 9.53. The Morgan fingerprint density at radius 3 is 2.62 bits per heavy atom. The highest BCUT2D eigenvalue weighted by Crippen LogP contribution is 2.23. The first-order chi connectivity index (χ1) is 11.8. The molecular formula is C19H32N2O3. The summed E-state index contributed by atoms with van der Waals surface area (Å²) in [7, 11) is 0. The number of hydrogen-bond acceptors (Lipinski definition) is 4. The van der Waals surface area contributed by atoms with Crippen molar-refractivity contribution in [3.63, 3.8) is 0 Å². The second-order valence-corrected chi connectivity index (χ2v) is 5.68. The van der Waals surface area contributed by atoms with Crippen LogP contribution in [0, 0.1) is 0 Å². The van der Waals surface area contributed by atoms with E-state index in [2.05, 4.69) is 17.6 Å². The average molecular weight is 336 g/mol. The summed E-state index contributed by atoms with van der Waals surface area (Å²) in [4.78, 5) is 12.0. The zero-order valence-corrected chi connectivity index (χ0v) is 15.1. The molecule has 1 aromatic rings. The van der Waals surface area contributed by atoms with E-state index in [1.807, 2.05) is 31.2 Å². The Kier molecular flexibility index (Phi) is 11.8. The fraction of sp³-hybridized carbons (Fsp3) is 0.632. The fourth-order valence-electron chi connectivity index (χ4n) is 2.30. The highest BCUT2D eigenvalue weighted by Gasteiger charge is 2.07. The van der Waals surface area contributed by atoms with E-state index < -0.39 is 0 Å². The van der Waals surface area contributed by atoms with Gasteiger partial charge in [-0.05, 0) is 32.0 Å². The van der Waals surface area contributed by atoms with Crippen LogP contribution in [-0.2, 0) is 9.53 Å². The molecule has 0 saturated heterocycles. The third-order valence-electron chi connectivity index (χ3n) is 3.59. The van der Waals surface area contributed by atoms with Crippen LogP contribution in [0.5, 0.6) is 5.75 Å². The average Bonchev–Trinajstić information content (AvgIpc) is 2.59. The van der Waals surface area contributed by atoms with Crippen LogP contribution >= 0.6 is 0 Å². The van der Waals surface area contributed by atoms with Crippen LogP contribution in [0.25, 0.3) is 0 Å². The van der Waals surface area contributed by atoms with Crippen molar-refractivity contribution in [1.82, 2.24) is 5.32 Å². The minimum absolute atomic E-state index is 0.0515. The van der Waals surface area contributed by atoms with Gasteiger partial charge in [-0.2, -0.15) is 0 Å². The Balaban J connectivity index is 2.25. The molecule has 2 N–H and O–H groups in total. The van der Waals surface area contributed by atoms with E-state index >= 15 is 0 Å². The summed E-state index contributed by atoms with van der Waals surface area (Å²) >= 11 is 0. The van der Waals surface area contributed by atoms with Crippen molar-refractivity contribution in [3.8, 4) is 5.75 Å². The molecule has 5 nitrogen and oxygen atoms in total. The Morgan fingerprint density at radius 1 is 1.04 bits per heavy atom. The lowest BCUT2D eigenvalue weighted by Gasteiger charge is -2.12. The van der Waals surface area contributed by atoms with E-state index in [0.717, 1.165) is 13.0 Å². The van der Waals surface area contributed by atoms with E-state index in [1.54, 1.807) is 0 Å². The van der Waals surface area contributed by atoms with E-state index in [4.69, 9.17) is 9.47 Å². The molecule has 0 saturated carbocycles. The van der Waals surface area contributed by atoms with Gasteiger partial charge < -0.3 is 20.1 Å². The largest absolute Gasteiger partial charge is 0.489 e. The summed E-state index contributed by atoms with van der Waals surface area (Å²) in [5, 5.41) is 6.08. The van der Waals surface area contributed by atoms with Crippen molar-refractivity contribution in [2.75, 3.05) is 38.2 Å². The maximum atomic E-state index is 12.0. The summed E-state index contributed by atoms with van der Waals surface area (Å²) in [5.74, 6) is 0.620. The van der Waals surface area contributed by atoms with Gasteiger partial charge in [0.25, 0.3) is 0 Å². The van der Waals surface area contributed by atoms with Gasteiger partial charge in [-0.15, -0.1) is 0 Å². The van der Waals surface area contributed by atoms with Gasteiger partial charge in [0.15, 0.2) is 0 Å².